The lowest BCUT2D eigenvalue weighted by atomic mass is 10.2. The molecule has 0 atom stereocenters. The summed E-state index contributed by atoms with van der Waals surface area (Å²) in [7, 11) is 3.48. The lowest BCUT2D eigenvalue weighted by Crippen LogP contribution is -2.21. The van der Waals surface area contributed by atoms with Crippen molar-refractivity contribution in [2.45, 2.75) is 0 Å². The maximum atomic E-state index is 10.8. The average molecular weight is 211 g/mol. The summed E-state index contributed by atoms with van der Waals surface area (Å²) in [5.41, 5.74) is 5.70. The monoisotopic (exact) mass is 211 g/mol. The lowest BCUT2D eigenvalue weighted by molar-refractivity contribution is -0.383. The maximum Gasteiger partial charge on any atom is 0.317 e. The van der Waals surface area contributed by atoms with Crippen LogP contribution in [0.15, 0.2) is 18.2 Å². The van der Waals surface area contributed by atoms with E-state index >= 15 is 0 Å². The SMILES string of the molecule is CN(C)Nc1cccc(NN)c1[N+](=O)[O-]. The van der Waals surface area contributed by atoms with Crippen molar-refractivity contribution in [2.75, 3.05) is 24.9 Å². The molecule has 0 bridgehead atoms. The van der Waals surface area contributed by atoms with Crippen LogP contribution in [0.2, 0.25) is 0 Å². The van der Waals surface area contributed by atoms with E-state index in [-0.39, 0.29) is 11.4 Å². The number of nitrogens with two attached hydrogens (primary N) is 1. The maximum absolute atomic E-state index is 10.8. The summed E-state index contributed by atoms with van der Waals surface area (Å²) < 4.78 is 0. The van der Waals surface area contributed by atoms with Gasteiger partial charge in [-0.1, -0.05) is 6.07 Å². The van der Waals surface area contributed by atoms with Gasteiger partial charge in [0.1, 0.15) is 11.4 Å². The zero-order valence-corrected chi connectivity index (χ0v) is 8.52. The lowest BCUT2D eigenvalue weighted by Gasteiger charge is -2.14. The molecule has 0 saturated carbocycles. The highest BCUT2D eigenvalue weighted by atomic mass is 16.6. The molecule has 0 spiro atoms. The Labute approximate surface area is 87.0 Å². The summed E-state index contributed by atoms with van der Waals surface area (Å²) in [6.45, 7) is 0. The number of nitro groups is 1. The van der Waals surface area contributed by atoms with Crippen LogP contribution in [0.3, 0.4) is 0 Å². The molecule has 1 aromatic rings. The third kappa shape index (κ3) is 2.55. The van der Waals surface area contributed by atoms with Gasteiger partial charge in [-0.15, -0.1) is 0 Å². The fourth-order valence-electron chi connectivity index (χ4n) is 1.19. The molecule has 0 unspecified atom stereocenters. The molecule has 1 rings (SSSR count). The molecule has 0 aromatic heterocycles. The summed E-state index contributed by atoms with van der Waals surface area (Å²) in [5.74, 6) is 5.19. The topological polar surface area (TPSA) is 96.5 Å². The van der Waals surface area contributed by atoms with E-state index in [4.69, 9.17) is 5.84 Å². The average Bonchev–Trinajstić information content (AvgIpc) is 2.15. The van der Waals surface area contributed by atoms with E-state index < -0.39 is 4.92 Å². The predicted octanol–water partition coefficient (Wildman–Crippen LogP) is 0.769. The molecule has 0 saturated heterocycles. The summed E-state index contributed by atoms with van der Waals surface area (Å²) >= 11 is 0. The first-order valence-corrected chi connectivity index (χ1v) is 4.24. The minimum atomic E-state index is -0.485. The number of hydrazine groups is 2. The highest BCUT2D eigenvalue weighted by Gasteiger charge is 2.19. The summed E-state index contributed by atoms with van der Waals surface area (Å²) in [6.07, 6.45) is 0. The van der Waals surface area contributed by atoms with Crippen molar-refractivity contribution in [1.82, 2.24) is 5.01 Å². The third-order valence-corrected chi connectivity index (χ3v) is 1.72. The fraction of sp³-hybridized carbons (Fsp3) is 0.250. The second-order valence-corrected chi connectivity index (χ2v) is 3.11. The van der Waals surface area contributed by atoms with E-state index in [0.717, 1.165) is 0 Å². The van der Waals surface area contributed by atoms with E-state index in [1.165, 1.54) is 0 Å². The number of hydrogen-bond donors (Lipinski definition) is 3. The Kier molecular flexibility index (Phi) is 3.42. The van der Waals surface area contributed by atoms with Crippen LogP contribution in [0, 0.1) is 10.1 Å². The van der Waals surface area contributed by atoms with Crippen LogP contribution in [-0.2, 0) is 0 Å². The zero-order valence-electron chi connectivity index (χ0n) is 8.52. The highest BCUT2D eigenvalue weighted by molar-refractivity contribution is 5.75. The molecule has 82 valence electrons. The first kappa shape index (κ1) is 11.2. The van der Waals surface area contributed by atoms with Crippen molar-refractivity contribution in [3.05, 3.63) is 28.3 Å². The van der Waals surface area contributed by atoms with Crippen molar-refractivity contribution in [3.8, 4) is 0 Å². The number of nitro benzene ring substituents is 1. The fourth-order valence-corrected chi connectivity index (χ4v) is 1.19. The Balaban J connectivity index is 3.19. The van der Waals surface area contributed by atoms with Gasteiger partial charge in [-0.25, -0.2) is 5.01 Å². The largest absolute Gasteiger partial charge is 0.318 e. The van der Waals surface area contributed by atoms with Gasteiger partial charge in [-0.3, -0.25) is 16.0 Å². The molecule has 0 aliphatic heterocycles. The second kappa shape index (κ2) is 4.58. The van der Waals surface area contributed by atoms with E-state index in [0.29, 0.717) is 5.69 Å². The molecule has 0 heterocycles. The van der Waals surface area contributed by atoms with Gasteiger partial charge in [0.2, 0.25) is 0 Å². The number of nitrogens with one attached hydrogen (secondary N) is 2. The molecule has 4 N–H and O–H groups in total. The number of nitrogens with zero attached hydrogens (tertiary/aromatic N) is 2. The van der Waals surface area contributed by atoms with Gasteiger partial charge in [0, 0.05) is 14.1 Å². The van der Waals surface area contributed by atoms with Gasteiger partial charge in [-0.2, -0.15) is 0 Å². The molecule has 0 aliphatic carbocycles. The van der Waals surface area contributed by atoms with Gasteiger partial charge in [0.05, 0.1) is 4.92 Å². The Bertz CT molecular complexity index is 366. The number of benzene rings is 1. The van der Waals surface area contributed by atoms with Crippen LogP contribution < -0.4 is 16.7 Å². The van der Waals surface area contributed by atoms with E-state index in [1.807, 2.05) is 0 Å². The highest BCUT2D eigenvalue weighted by Crippen LogP contribution is 2.31. The van der Waals surface area contributed by atoms with Crippen molar-refractivity contribution in [3.63, 3.8) is 0 Å². The summed E-state index contributed by atoms with van der Waals surface area (Å²) in [4.78, 5) is 10.3. The number of anilines is 2. The molecule has 0 aliphatic rings. The van der Waals surface area contributed by atoms with Crippen molar-refractivity contribution in [2.24, 2.45) is 5.84 Å². The molecule has 0 radical (unpaired) electrons. The first-order chi connectivity index (χ1) is 7.06. The van der Waals surface area contributed by atoms with Crippen LogP contribution in [0.1, 0.15) is 0 Å². The normalized spacial score (nSPS) is 10.1. The standard InChI is InChI=1S/C8H13N5O2/c1-12(2)11-7-5-3-4-6(10-9)8(7)13(14)15/h3-5,10-11H,9H2,1-2H3. The van der Waals surface area contributed by atoms with Crippen LogP contribution in [0.4, 0.5) is 17.1 Å². The molecule has 15 heavy (non-hydrogen) atoms. The molecular weight excluding hydrogens is 198 g/mol. The smallest absolute Gasteiger partial charge is 0.317 e. The zero-order chi connectivity index (χ0) is 11.4. The quantitative estimate of drug-likeness (QED) is 0.386. The minimum absolute atomic E-state index is 0.0753. The molecule has 1 aromatic carbocycles. The van der Waals surface area contributed by atoms with Crippen LogP contribution in [0.5, 0.6) is 0 Å². The van der Waals surface area contributed by atoms with Gasteiger partial charge in [0.25, 0.3) is 0 Å². The third-order valence-electron chi connectivity index (χ3n) is 1.72. The van der Waals surface area contributed by atoms with Crippen molar-refractivity contribution in [1.29, 1.82) is 0 Å². The minimum Gasteiger partial charge on any atom is -0.318 e. The number of nitrogen functional groups attached to an aromatic ring is 1. The summed E-state index contributed by atoms with van der Waals surface area (Å²) in [5, 5.41) is 12.4. The van der Waals surface area contributed by atoms with E-state index in [9.17, 15) is 10.1 Å². The van der Waals surface area contributed by atoms with Crippen molar-refractivity contribution < 1.29 is 4.92 Å². The van der Waals surface area contributed by atoms with Crippen LogP contribution in [0.25, 0.3) is 0 Å². The second-order valence-electron chi connectivity index (χ2n) is 3.11. The van der Waals surface area contributed by atoms with Crippen molar-refractivity contribution >= 4 is 17.1 Å². The van der Waals surface area contributed by atoms with Crippen LogP contribution in [-0.4, -0.2) is 24.0 Å². The van der Waals surface area contributed by atoms with Gasteiger partial charge >= 0.3 is 5.69 Å². The van der Waals surface area contributed by atoms with Gasteiger partial charge in [-0.05, 0) is 12.1 Å². The first-order valence-electron chi connectivity index (χ1n) is 4.24. The summed E-state index contributed by atoms with van der Waals surface area (Å²) in [6, 6.07) is 4.83. The van der Waals surface area contributed by atoms with Gasteiger partial charge < -0.3 is 10.9 Å². The Morgan fingerprint density at radius 1 is 1.40 bits per heavy atom. The predicted molar refractivity (Wildman–Crippen MR) is 58.2 cm³/mol. The van der Waals surface area contributed by atoms with Gasteiger partial charge in [0.15, 0.2) is 0 Å². The molecule has 0 fully saturated rings. The molecular formula is C8H13N5O2. The molecule has 7 nitrogen and oxygen atoms in total. The molecule has 7 heteroatoms. The molecule has 0 amide bonds. The van der Waals surface area contributed by atoms with Crippen LogP contribution >= 0.6 is 0 Å². The Hall–Kier alpha value is -1.86. The van der Waals surface area contributed by atoms with E-state index in [2.05, 4.69) is 10.9 Å². The number of hydrogen-bond acceptors (Lipinski definition) is 6. The Morgan fingerprint density at radius 2 is 2.00 bits per heavy atom. The van der Waals surface area contributed by atoms with E-state index in [1.54, 1.807) is 37.3 Å². The number of rotatable bonds is 4. The Morgan fingerprint density at radius 3 is 2.47 bits per heavy atom. The number of para-hydroxylation sites is 1.